The predicted octanol–water partition coefficient (Wildman–Crippen LogP) is 6.10. The fraction of sp³-hybridized carbons (Fsp3) is 0.120. The monoisotopic (exact) mass is 414 g/mol. The van der Waals surface area contributed by atoms with Crippen LogP contribution in [0, 0.1) is 12.7 Å². The molecule has 0 atom stereocenters. The molecule has 1 N–H and O–H groups in total. The first-order valence-electron chi connectivity index (χ1n) is 9.96. The molecule has 4 aromatic rings. The van der Waals surface area contributed by atoms with Gasteiger partial charge >= 0.3 is 0 Å². The molecule has 0 saturated heterocycles. The summed E-state index contributed by atoms with van der Waals surface area (Å²) in [5.41, 5.74) is 3.15. The average molecular weight is 414 g/mol. The van der Waals surface area contributed by atoms with E-state index in [0.717, 1.165) is 34.2 Å². The van der Waals surface area contributed by atoms with Crippen LogP contribution in [0.25, 0.3) is 0 Å². The van der Waals surface area contributed by atoms with Crippen molar-refractivity contribution in [2.75, 3.05) is 17.3 Å². The first-order valence-corrected chi connectivity index (χ1v) is 9.96. The quantitative estimate of drug-likeness (QED) is 0.396. The van der Waals surface area contributed by atoms with Crippen LogP contribution in [0.4, 0.5) is 21.7 Å². The van der Waals surface area contributed by atoms with Crippen LogP contribution in [-0.4, -0.2) is 17.0 Å². The Kier molecular flexibility index (Phi) is 6.08. The van der Waals surface area contributed by atoms with Gasteiger partial charge in [0.15, 0.2) is 0 Å². The van der Waals surface area contributed by atoms with E-state index in [0.29, 0.717) is 12.3 Å². The minimum absolute atomic E-state index is 0.284. The van der Waals surface area contributed by atoms with Gasteiger partial charge in [0.2, 0.25) is 0 Å². The summed E-state index contributed by atoms with van der Waals surface area (Å²) in [5.74, 6) is 2.61. The van der Waals surface area contributed by atoms with Gasteiger partial charge in [-0.2, -0.15) is 0 Å². The number of aromatic nitrogens is 2. The number of halogens is 1. The number of aryl methyl sites for hydroxylation is 1. The molecule has 1 heterocycles. The van der Waals surface area contributed by atoms with Crippen molar-refractivity contribution in [2.45, 2.75) is 13.5 Å². The third-order valence-electron chi connectivity index (χ3n) is 4.89. The molecular weight excluding hydrogens is 391 g/mol. The van der Waals surface area contributed by atoms with Crippen molar-refractivity contribution in [2.24, 2.45) is 0 Å². The van der Waals surface area contributed by atoms with Gasteiger partial charge in [-0.15, -0.1) is 0 Å². The van der Waals surface area contributed by atoms with Gasteiger partial charge in [-0.05, 0) is 60.5 Å². The van der Waals surface area contributed by atoms with Crippen molar-refractivity contribution in [3.63, 3.8) is 0 Å². The molecule has 0 saturated carbocycles. The molecule has 0 aliphatic carbocycles. The Labute approximate surface area is 181 Å². The second kappa shape index (κ2) is 9.26. The highest BCUT2D eigenvalue weighted by molar-refractivity contribution is 5.61. The molecule has 3 aromatic carbocycles. The van der Waals surface area contributed by atoms with Crippen LogP contribution in [0.2, 0.25) is 0 Å². The molecule has 0 bridgehead atoms. The molecule has 1 aromatic heterocycles. The van der Waals surface area contributed by atoms with Gasteiger partial charge in [0.25, 0.3) is 0 Å². The van der Waals surface area contributed by atoms with Crippen molar-refractivity contribution < 1.29 is 9.13 Å². The van der Waals surface area contributed by atoms with Crippen LogP contribution in [0.15, 0.2) is 85.2 Å². The molecule has 0 radical (unpaired) electrons. The maximum atomic E-state index is 13.1. The number of ether oxygens (including phenoxy) is 1. The lowest BCUT2D eigenvalue weighted by Crippen LogP contribution is -2.12. The van der Waals surface area contributed by atoms with Gasteiger partial charge in [0.1, 0.15) is 35.3 Å². The van der Waals surface area contributed by atoms with Crippen molar-refractivity contribution in [1.82, 2.24) is 9.97 Å². The smallest absolute Gasteiger partial charge is 0.138 e. The fourth-order valence-corrected chi connectivity index (χ4v) is 3.17. The number of para-hydroxylation sites is 1. The summed E-state index contributed by atoms with van der Waals surface area (Å²) in [6.07, 6.45) is 1.56. The zero-order valence-electron chi connectivity index (χ0n) is 17.4. The van der Waals surface area contributed by atoms with E-state index in [4.69, 9.17) is 4.74 Å². The van der Waals surface area contributed by atoms with E-state index in [-0.39, 0.29) is 5.82 Å². The van der Waals surface area contributed by atoms with E-state index in [1.54, 1.807) is 18.5 Å². The maximum absolute atomic E-state index is 13.1. The highest BCUT2D eigenvalue weighted by Crippen LogP contribution is 2.27. The molecule has 31 heavy (non-hydrogen) atoms. The van der Waals surface area contributed by atoms with E-state index in [2.05, 4.69) is 21.4 Å². The first kappa shape index (κ1) is 20.3. The van der Waals surface area contributed by atoms with Crippen LogP contribution in [-0.2, 0) is 6.54 Å². The number of nitrogens with zero attached hydrogens (tertiary/aromatic N) is 3. The average Bonchev–Trinajstić information content (AvgIpc) is 2.81. The van der Waals surface area contributed by atoms with E-state index < -0.39 is 0 Å². The second-order valence-electron chi connectivity index (χ2n) is 7.17. The SMILES string of the molecule is Cc1cc(CNc2cc(N(C)c3ccccc3)ncn2)ccc1Oc1ccc(F)cc1. The zero-order valence-corrected chi connectivity index (χ0v) is 17.4. The van der Waals surface area contributed by atoms with E-state index in [1.807, 2.05) is 67.4 Å². The standard InChI is InChI=1S/C25H23FN4O/c1-18-14-19(8-13-23(18)31-22-11-9-20(26)10-12-22)16-27-24-15-25(29-17-28-24)30(2)21-6-4-3-5-7-21/h3-15,17H,16H2,1-2H3,(H,27,28,29). The van der Waals surface area contributed by atoms with E-state index in [9.17, 15) is 4.39 Å². The summed E-state index contributed by atoms with van der Waals surface area (Å²) in [4.78, 5) is 10.7. The van der Waals surface area contributed by atoms with Crippen molar-refractivity contribution >= 4 is 17.3 Å². The third-order valence-corrected chi connectivity index (χ3v) is 4.89. The van der Waals surface area contributed by atoms with Gasteiger partial charge in [-0.25, -0.2) is 14.4 Å². The predicted molar refractivity (Wildman–Crippen MR) is 122 cm³/mol. The van der Waals surface area contributed by atoms with Gasteiger partial charge in [0, 0.05) is 25.3 Å². The maximum Gasteiger partial charge on any atom is 0.138 e. The Balaban J connectivity index is 1.41. The number of anilines is 3. The second-order valence-corrected chi connectivity index (χ2v) is 7.17. The largest absolute Gasteiger partial charge is 0.457 e. The topological polar surface area (TPSA) is 50.3 Å². The molecule has 0 unspecified atom stereocenters. The van der Waals surface area contributed by atoms with Crippen LogP contribution in [0.1, 0.15) is 11.1 Å². The number of benzene rings is 3. The van der Waals surface area contributed by atoms with E-state index >= 15 is 0 Å². The number of nitrogens with one attached hydrogen (secondary N) is 1. The molecule has 0 fully saturated rings. The number of hydrogen-bond donors (Lipinski definition) is 1. The lowest BCUT2D eigenvalue weighted by molar-refractivity contribution is 0.476. The summed E-state index contributed by atoms with van der Waals surface area (Å²) in [7, 11) is 1.98. The molecule has 0 amide bonds. The molecule has 0 spiro atoms. The van der Waals surface area contributed by atoms with Crippen LogP contribution in [0.3, 0.4) is 0 Å². The van der Waals surface area contributed by atoms with Gasteiger partial charge in [0.05, 0.1) is 0 Å². The lowest BCUT2D eigenvalue weighted by atomic mass is 10.1. The lowest BCUT2D eigenvalue weighted by Gasteiger charge is -2.18. The van der Waals surface area contributed by atoms with Crippen LogP contribution in [0.5, 0.6) is 11.5 Å². The van der Waals surface area contributed by atoms with E-state index in [1.165, 1.54) is 12.1 Å². The molecule has 0 aliphatic rings. The van der Waals surface area contributed by atoms with Crippen LogP contribution >= 0.6 is 0 Å². The Morgan fingerprint density at radius 1 is 0.935 bits per heavy atom. The summed E-state index contributed by atoms with van der Waals surface area (Å²) < 4.78 is 18.9. The Hall–Kier alpha value is -3.93. The van der Waals surface area contributed by atoms with Gasteiger partial charge in [-0.1, -0.05) is 30.3 Å². The molecule has 4 rings (SSSR count). The van der Waals surface area contributed by atoms with Crippen molar-refractivity contribution in [3.8, 4) is 11.5 Å². The Morgan fingerprint density at radius 2 is 1.71 bits per heavy atom. The molecule has 5 nitrogen and oxygen atoms in total. The van der Waals surface area contributed by atoms with Gasteiger partial charge < -0.3 is 15.0 Å². The molecular formula is C25H23FN4O. The molecule has 0 aliphatic heterocycles. The summed E-state index contributed by atoms with van der Waals surface area (Å²) in [6.45, 7) is 2.60. The van der Waals surface area contributed by atoms with Crippen molar-refractivity contribution in [3.05, 3.63) is 102 Å². The zero-order chi connectivity index (χ0) is 21.6. The minimum atomic E-state index is -0.284. The molecule has 6 heteroatoms. The van der Waals surface area contributed by atoms with Gasteiger partial charge in [-0.3, -0.25) is 0 Å². The molecule has 156 valence electrons. The highest BCUT2D eigenvalue weighted by Gasteiger charge is 2.08. The van der Waals surface area contributed by atoms with Crippen molar-refractivity contribution in [1.29, 1.82) is 0 Å². The Morgan fingerprint density at radius 3 is 2.45 bits per heavy atom. The fourth-order valence-electron chi connectivity index (χ4n) is 3.17. The number of rotatable bonds is 7. The normalized spacial score (nSPS) is 10.5. The third kappa shape index (κ3) is 5.17. The highest BCUT2D eigenvalue weighted by atomic mass is 19.1. The number of hydrogen-bond acceptors (Lipinski definition) is 5. The minimum Gasteiger partial charge on any atom is -0.457 e. The first-order chi connectivity index (χ1) is 15.1. The van der Waals surface area contributed by atoms with Crippen LogP contribution < -0.4 is 15.0 Å². The summed E-state index contributed by atoms with van der Waals surface area (Å²) in [6, 6.07) is 24.0. The summed E-state index contributed by atoms with van der Waals surface area (Å²) in [5, 5.41) is 3.35. The summed E-state index contributed by atoms with van der Waals surface area (Å²) >= 11 is 0. The Bertz CT molecular complexity index is 1150.